The summed E-state index contributed by atoms with van der Waals surface area (Å²) >= 11 is 5.79. The molecule has 13 heavy (non-hydrogen) atoms. The SMILES string of the molecule is C/C=C(\C=C/CC)P1(=S)CCCC1. The van der Waals surface area contributed by atoms with E-state index in [1.807, 2.05) is 0 Å². The van der Waals surface area contributed by atoms with Gasteiger partial charge in [0.05, 0.1) is 0 Å². The molecule has 0 N–H and O–H groups in total. The third kappa shape index (κ3) is 2.79. The minimum absolute atomic E-state index is 1.10. The average molecular weight is 214 g/mol. The van der Waals surface area contributed by atoms with Crippen molar-refractivity contribution in [3.05, 3.63) is 23.5 Å². The van der Waals surface area contributed by atoms with Gasteiger partial charge in [-0.15, -0.1) is 0 Å². The summed E-state index contributed by atoms with van der Waals surface area (Å²) in [6.45, 7) is 4.30. The maximum atomic E-state index is 5.79. The van der Waals surface area contributed by atoms with Gasteiger partial charge in [0.1, 0.15) is 0 Å². The van der Waals surface area contributed by atoms with Gasteiger partial charge >= 0.3 is 0 Å². The van der Waals surface area contributed by atoms with Crippen molar-refractivity contribution >= 4 is 17.8 Å². The summed E-state index contributed by atoms with van der Waals surface area (Å²) in [5, 5.41) is 1.47. The van der Waals surface area contributed by atoms with Crippen molar-refractivity contribution in [1.82, 2.24) is 0 Å². The molecule has 0 amide bonds. The Morgan fingerprint density at radius 3 is 2.46 bits per heavy atom. The summed E-state index contributed by atoms with van der Waals surface area (Å²) in [5.74, 6) is 0. The van der Waals surface area contributed by atoms with Crippen LogP contribution in [0.4, 0.5) is 0 Å². The molecule has 0 atom stereocenters. The van der Waals surface area contributed by atoms with E-state index in [4.69, 9.17) is 11.8 Å². The summed E-state index contributed by atoms with van der Waals surface area (Å²) in [7, 11) is 0. The highest BCUT2D eigenvalue weighted by Gasteiger charge is 2.24. The van der Waals surface area contributed by atoms with Gasteiger partial charge in [0.2, 0.25) is 0 Å². The Morgan fingerprint density at radius 2 is 2.00 bits per heavy atom. The topological polar surface area (TPSA) is 0 Å². The van der Waals surface area contributed by atoms with Crippen molar-refractivity contribution in [2.75, 3.05) is 12.3 Å². The minimum Gasteiger partial charge on any atom is -0.0926 e. The third-order valence-electron chi connectivity index (χ3n) is 2.58. The summed E-state index contributed by atoms with van der Waals surface area (Å²) in [6, 6.07) is -1.10. The Bertz CT molecular complexity index is 253. The third-order valence-corrected chi connectivity index (χ3v) is 7.73. The van der Waals surface area contributed by atoms with Crippen molar-refractivity contribution in [2.45, 2.75) is 33.1 Å². The highest BCUT2D eigenvalue weighted by atomic mass is 32.4. The van der Waals surface area contributed by atoms with Crippen LogP contribution >= 0.6 is 6.04 Å². The van der Waals surface area contributed by atoms with Gasteiger partial charge in [0.25, 0.3) is 0 Å². The van der Waals surface area contributed by atoms with Crippen molar-refractivity contribution in [3.63, 3.8) is 0 Å². The molecule has 0 bridgehead atoms. The molecule has 1 aliphatic heterocycles. The monoisotopic (exact) mass is 214 g/mol. The lowest BCUT2D eigenvalue weighted by Crippen LogP contribution is -1.86. The van der Waals surface area contributed by atoms with Crippen LogP contribution in [-0.4, -0.2) is 12.3 Å². The standard InChI is InChI=1S/C11H19PS/c1-3-5-8-11(4-2)12(13)9-6-7-10-12/h4-5,8H,3,6-7,9-10H2,1-2H3/b8-5-,11-4+. The zero-order valence-corrected chi connectivity index (χ0v) is 10.3. The van der Waals surface area contributed by atoms with E-state index >= 15 is 0 Å². The van der Waals surface area contributed by atoms with Gasteiger partial charge in [-0.3, -0.25) is 0 Å². The van der Waals surface area contributed by atoms with Crippen LogP contribution in [0.1, 0.15) is 33.1 Å². The van der Waals surface area contributed by atoms with Crippen LogP contribution in [0, 0.1) is 0 Å². The molecule has 1 fully saturated rings. The van der Waals surface area contributed by atoms with Gasteiger partial charge < -0.3 is 0 Å². The summed E-state index contributed by atoms with van der Waals surface area (Å²) in [6.07, 6.45) is 13.2. The Balaban J connectivity index is 2.77. The van der Waals surface area contributed by atoms with Gasteiger partial charge in [-0.25, -0.2) is 0 Å². The molecule has 0 radical (unpaired) electrons. The molecule has 1 aliphatic rings. The zero-order valence-electron chi connectivity index (χ0n) is 8.62. The predicted molar refractivity (Wildman–Crippen MR) is 66.4 cm³/mol. The number of allylic oxidation sites excluding steroid dienone is 4. The number of rotatable bonds is 3. The lowest BCUT2D eigenvalue weighted by Gasteiger charge is -2.16. The molecular weight excluding hydrogens is 195 g/mol. The quantitative estimate of drug-likeness (QED) is 0.503. The molecule has 0 saturated carbocycles. The van der Waals surface area contributed by atoms with E-state index < -0.39 is 6.04 Å². The number of hydrogen-bond donors (Lipinski definition) is 0. The summed E-state index contributed by atoms with van der Waals surface area (Å²) in [5.41, 5.74) is 0. The van der Waals surface area contributed by atoms with E-state index in [-0.39, 0.29) is 0 Å². The largest absolute Gasteiger partial charge is 0.0926 e. The van der Waals surface area contributed by atoms with Crippen LogP contribution in [-0.2, 0) is 11.8 Å². The second-order valence-corrected chi connectivity index (χ2v) is 8.85. The van der Waals surface area contributed by atoms with E-state index in [2.05, 4.69) is 32.1 Å². The molecule has 1 saturated heterocycles. The molecular formula is C11H19PS. The van der Waals surface area contributed by atoms with Crippen LogP contribution in [0.15, 0.2) is 23.5 Å². The molecule has 0 aromatic carbocycles. The van der Waals surface area contributed by atoms with Gasteiger partial charge in [-0.2, -0.15) is 0 Å². The smallest absolute Gasteiger partial charge is 0.0170 e. The summed E-state index contributed by atoms with van der Waals surface area (Å²) < 4.78 is 0. The van der Waals surface area contributed by atoms with Crippen molar-refractivity contribution in [1.29, 1.82) is 0 Å². The van der Waals surface area contributed by atoms with Gasteiger partial charge in [-0.1, -0.05) is 37.0 Å². The molecule has 0 spiro atoms. The van der Waals surface area contributed by atoms with Crippen LogP contribution in [0.2, 0.25) is 0 Å². The average Bonchev–Trinajstić information content (AvgIpc) is 2.54. The minimum atomic E-state index is -1.10. The van der Waals surface area contributed by atoms with Gasteiger partial charge in [-0.05, 0) is 49.9 Å². The van der Waals surface area contributed by atoms with Crippen molar-refractivity contribution < 1.29 is 0 Å². The Morgan fingerprint density at radius 1 is 1.38 bits per heavy atom. The zero-order chi connectivity index (χ0) is 9.73. The molecule has 0 aliphatic carbocycles. The van der Waals surface area contributed by atoms with Crippen LogP contribution in [0.5, 0.6) is 0 Å². The van der Waals surface area contributed by atoms with Crippen molar-refractivity contribution in [2.24, 2.45) is 0 Å². The molecule has 2 heteroatoms. The first-order valence-electron chi connectivity index (χ1n) is 5.14. The highest BCUT2D eigenvalue weighted by Crippen LogP contribution is 2.59. The Labute approximate surface area is 87.1 Å². The second-order valence-electron chi connectivity index (χ2n) is 3.57. The van der Waals surface area contributed by atoms with E-state index in [0.717, 1.165) is 6.42 Å². The van der Waals surface area contributed by atoms with Crippen molar-refractivity contribution in [3.8, 4) is 0 Å². The second kappa shape index (κ2) is 5.12. The van der Waals surface area contributed by atoms with E-state index in [1.54, 1.807) is 0 Å². The highest BCUT2D eigenvalue weighted by molar-refractivity contribution is 8.16. The predicted octanol–water partition coefficient (Wildman–Crippen LogP) is 4.13. The molecule has 0 unspecified atom stereocenters. The Kier molecular flexibility index (Phi) is 4.41. The fraction of sp³-hybridized carbons (Fsp3) is 0.636. The normalized spacial score (nSPS) is 22.8. The molecule has 74 valence electrons. The van der Waals surface area contributed by atoms with E-state index in [9.17, 15) is 0 Å². The van der Waals surface area contributed by atoms with Crippen LogP contribution in [0.3, 0.4) is 0 Å². The maximum Gasteiger partial charge on any atom is -0.0170 e. The molecule has 0 nitrogen and oxygen atoms in total. The van der Waals surface area contributed by atoms with E-state index in [1.165, 1.54) is 30.5 Å². The molecule has 1 rings (SSSR count). The lowest BCUT2D eigenvalue weighted by molar-refractivity contribution is 0.949. The fourth-order valence-electron chi connectivity index (χ4n) is 1.81. The van der Waals surface area contributed by atoms with Gasteiger partial charge in [0, 0.05) is 0 Å². The molecule has 0 aromatic heterocycles. The first-order valence-corrected chi connectivity index (χ1v) is 8.31. The Hall–Kier alpha value is 0.130. The maximum absolute atomic E-state index is 5.79. The van der Waals surface area contributed by atoms with E-state index in [0.29, 0.717) is 0 Å². The molecule has 1 heterocycles. The lowest BCUT2D eigenvalue weighted by atomic mass is 10.4. The number of hydrogen-bond acceptors (Lipinski definition) is 1. The van der Waals surface area contributed by atoms with Crippen LogP contribution < -0.4 is 0 Å². The first kappa shape index (κ1) is 11.2. The fourth-order valence-corrected chi connectivity index (χ4v) is 6.14. The van der Waals surface area contributed by atoms with Crippen LogP contribution in [0.25, 0.3) is 0 Å². The summed E-state index contributed by atoms with van der Waals surface area (Å²) in [4.78, 5) is 0. The van der Waals surface area contributed by atoms with Gasteiger partial charge in [0.15, 0.2) is 0 Å². The molecule has 0 aromatic rings. The first-order chi connectivity index (χ1) is 6.23.